The molecule has 0 radical (unpaired) electrons. The van der Waals surface area contributed by atoms with Crippen molar-refractivity contribution in [1.29, 1.82) is 0 Å². The SMILES string of the molecule is Cc1ccc(-c2cccc(P3OCO3)c2-c2ccc(C)cc2C(C)(C)C)c(C(C)(C)C)c1. The van der Waals surface area contributed by atoms with Gasteiger partial charge in [0.05, 0.1) is 0 Å². The molecule has 168 valence electrons. The first-order valence-electron chi connectivity index (χ1n) is 11.4. The molecule has 32 heavy (non-hydrogen) atoms. The van der Waals surface area contributed by atoms with E-state index in [9.17, 15) is 0 Å². The van der Waals surface area contributed by atoms with Crippen LogP contribution in [-0.4, -0.2) is 6.79 Å². The summed E-state index contributed by atoms with van der Waals surface area (Å²) in [5.41, 5.74) is 10.4. The Kier molecular flexibility index (Phi) is 6.09. The third kappa shape index (κ3) is 4.42. The predicted molar refractivity (Wildman–Crippen MR) is 138 cm³/mol. The van der Waals surface area contributed by atoms with Crippen molar-refractivity contribution in [1.82, 2.24) is 0 Å². The molecule has 0 N–H and O–H groups in total. The Morgan fingerprint density at radius 2 is 1.19 bits per heavy atom. The summed E-state index contributed by atoms with van der Waals surface area (Å²) in [4.78, 5) is 0. The first-order chi connectivity index (χ1) is 15.0. The lowest BCUT2D eigenvalue weighted by atomic mass is 9.77. The standard InChI is InChI=1S/C29H35O2P/c1-19-12-14-21(24(16-19)28(3,4)5)22-10-9-11-26(32-30-18-31-32)27(22)23-15-13-20(2)17-25(23)29(6,7)8/h9-17H,18H2,1-8H3. The van der Waals surface area contributed by atoms with Gasteiger partial charge in [-0.15, -0.1) is 0 Å². The van der Waals surface area contributed by atoms with Crippen molar-refractivity contribution in [2.75, 3.05) is 6.79 Å². The van der Waals surface area contributed by atoms with Crippen molar-refractivity contribution < 1.29 is 9.05 Å². The molecule has 2 nitrogen and oxygen atoms in total. The minimum Gasteiger partial charge on any atom is -0.303 e. The molecule has 1 heterocycles. The lowest BCUT2D eigenvalue weighted by molar-refractivity contribution is 0.0446. The summed E-state index contributed by atoms with van der Waals surface area (Å²) >= 11 is 0. The quantitative estimate of drug-likeness (QED) is 0.378. The Labute approximate surface area is 194 Å². The highest BCUT2D eigenvalue weighted by molar-refractivity contribution is 7.57. The van der Waals surface area contributed by atoms with Gasteiger partial charge in [-0.3, -0.25) is 0 Å². The minimum atomic E-state index is -1.04. The molecule has 3 aromatic rings. The van der Waals surface area contributed by atoms with Gasteiger partial charge in [-0.05, 0) is 58.6 Å². The maximum atomic E-state index is 5.88. The zero-order valence-electron chi connectivity index (χ0n) is 20.7. The third-order valence-corrected chi connectivity index (χ3v) is 7.55. The van der Waals surface area contributed by atoms with Gasteiger partial charge in [0.25, 0.3) is 0 Å². The molecule has 0 bridgehead atoms. The van der Waals surface area contributed by atoms with Crippen LogP contribution in [0.2, 0.25) is 0 Å². The van der Waals surface area contributed by atoms with Crippen LogP contribution in [0.25, 0.3) is 22.3 Å². The second-order valence-corrected chi connectivity index (χ2v) is 12.4. The molecule has 0 aromatic heterocycles. The van der Waals surface area contributed by atoms with Crippen LogP contribution in [0.3, 0.4) is 0 Å². The van der Waals surface area contributed by atoms with Gasteiger partial charge in [0.15, 0.2) is 6.79 Å². The Bertz CT molecular complexity index is 1140. The second kappa shape index (κ2) is 8.41. The number of rotatable bonds is 3. The average Bonchev–Trinajstić information content (AvgIpc) is 2.65. The van der Waals surface area contributed by atoms with Gasteiger partial charge in [0.2, 0.25) is 8.38 Å². The summed E-state index contributed by atoms with van der Waals surface area (Å²) in [6, 6.07) is 20.3. The van der Waals surface area contributed by atoms with Crippen LogP contribution in [0.4, 0.5) is 0 Å². The Hall–Kier alpha value is -1.99. The van der Waals surface area contributed by atoms with Gasteiger partial charge < -0.3 is 9.05 Å². The Morgan fingerprint density at radius 1 is 0.656 bits per heavy atom. The van der Waals surface area contributed by atoms with Crippen molar-refractivity contribution in [3.8, 4) is 22.3 Å². The van der Waals surface area contributed by atoms with E-state index in [2.05, 4.69) is 110 Å². The first kappa shape index (κ1) is 23.2. The molecule has 0 unspecified atom stereocenters. The summed E-state index contributed by atoms with van der Waals surface area (Å²) < 4.78 is 11.8. The lowest BCUT2D eigenvalue weighted by Crippen LogP contribution is -2.21. The van der Waals surface area contributed by atoms with E-state index in [1.807, 2.05) is 0 Å². The highest BCUT2D eigenvalue weighted by Crippen LogP contribution is 2.51. The predicted octanol–water partition coefficient (Wildman–Crippen LogP) is 8.17. The lowest BCUT2D eigenvalue weighted by Gasteiger charge is -2.32. The Morgan fingerprint density at radius 3 is 1.69 bits per heavy atom. The zero-order chi connectivity index (χ0) is 23.3. The summed E-state index contributed by atoms with van der Waals surface area (Å²) in [5.74, 6) is 0. The first-order valence-corrected chi connectivity index (χ1v) is 12.6. The zero-order valence-corrected chi connectivity index (χ0v) is 21.6. The van der Waals surface area contributed by atoms with E-state index in [1.54, 1.807) is 0 Å². The van der Waals surface area contributed by atoms with Gasteiger partial charge in [-0.2, -0.15) is 0 Å². The molecule has 3 aromatic carbocycles. The van der Waals surface area contributed by atoms with Crippen LogP contribution in [0.5, 0.6) is 0 Å². The van der Waals surface area contributed by atoms with Crippen LogP contribution in [0.15, 0.2) is 54.6 Å². The summed E-state index contributed by atoms with van der Waals surface area (Å²) in [5, 5.41) is 1.17. The molecule has 3 heteroatoms. The number of hydrogen-bond acceptors (Lipinski definition) is 2. The smallest absolute Gasteiger partial charge is 0.210 e. The number of aryl methyl sites for hydroxylation is 2. The molecule has 0 amide bonds. The van der Waals surface area contributed by atoms with Crippen LogP contribution in [0, 0.1) is 13.8 Å². The molecule has 0 atom stereocenters. The molecule has 0 aliphatic carbocycles. The maximum absolute atomic E-state index is 5.88. The van der Waals surface area contributed by atoms with Crippen LogP contribution in [-0.2, 0) is 19.9 Å². The normalized spacial score (nSPS) is 15.0. The van der Waals surface area contributed by atoms with Crippen LogP contribution in [0.1, 0.15) is 63.8 Å². The van der Waals surface area contributed by atoms with E-state index < -0.39 is 8.38 Å². The van der Waals surface area contributed by atoms with Gasteiger partial charge in [0, 0.05) is 10.9 Å². The van der Waals surface area contributed by atoms with Crippen molar-refractivity contribution in [2.45, 2.75) is 66.2 Å². The van der Waals surface area contributed by atoms with Gasteiger partial charge >= 0.3 is 0 Å². The molecule has 0 spiro atoms. The fraction of sp³-hybridized carbons (Fsp3) is 0.379. The van der Waals surface area contributed by atoms with Gasteiger partial charge in [-0.1, -0.05) is 101 Å². The van der Waals surface area contributed by atoms with Crippen molar-refractivity contribution in [3.63, 3.8) is 0 Å². The molecule has 1 aliphatic rings. The molecule has 4 rings (SSSR count). The molecular formula is C29H35O2P. The van der Waals surface area contributed by atoms with Crippen molar-refractivity contribution >= 4 is 13.7 Å². The van der Waals surface area contributed by atoms with Gasteiger partial charge in [-0.25, -0.2) is 0 Å². The van der Waals surface area contributed by atoms with Crippen LogP contribution < -0.4 is 5.30 Å². The summed E-state index contributed by atoms with van der Waals surface area (Å²) in [6.07, 6.45) is 0. The fourth-order valence-electron chi connectivity index (χ4n) is 4.45. The Balaban J connectivity index is 2.08. The average molecular weight is 447 g/mol. The van der Waals surface area contributed by atoms with E-state index in [0.29, 0.717) is 6.79 Å². The third-order valence-electron chi connectivity index (χ3n) is 6.10. The largest absolute Gasteiger partial charge is 0.303 e. The van der Waals surface area contributed by atoms with Gasteiger partial charge in [0.1, 0.15) is 0 Å². The number of hydrogen-bond donors (Lipinski definition) is 0. The van der Waals surface area contributed by atoms with E-state index >= 15 is 0 Å². The highest BCUT2D eigenvalue weighted by Gasteiger charge is 2.31. The van der Waals surface area contributed by atoms with E-state index in [4.69, 9.17) is 9.05 Å². The maximum Gasteiger partial charge on any atom is 0.210 e. The fourth-order valence-corrected chi connectivity index (χ4v) is 5.57. The molecule has 1 aliphatic heterocycles. The summed E-state index contributed by atoms with van der Waals surface area (Å²) in [7, 11) is -1.04. The molecular weight excluding hydrogens is 411 g/mol. The molecule has 1 fully saturated rings. The van der Waals surface area contributed by atoms with E-state index in [-0.39, 0.29) is 10.8 Å². The topological polar surface area (TPSA) is 18.5 Å². The molecule has 0 saturated carbocycles. The van der Waals surface area contributed by atoms with Crippen molar-refractivity contribution in [2.24, 2.45) is 0 Å². The van der Waals surface area contributed by atoms with E-state index in [1.165, 1.54) is 49.8 Å². The summed E-state index contributed by atoms with van der Waals surface area (Å²) in [6.45, 7) is 18.5. The minimum absolute atomic E-state index is 0.0143. The van der Waals surface area contributed by atoms with E-state index in [0.717, 1.165) is 0 Å². The van der Waals surface area contributed by atoms with Crippen molar-refractivity contribution in [3.05, 3.63) is 76.9 Å². The highest BCUT2D eigenvalue weighted by atomic mass is 31.2. The monoisotopic (exact) mass is 446 g/mol. The second-order valence-electron chi connectivity index (χ2n) is 10.9. The molecule has 1 saturated heterocycles. The number of benzene rings is 3. The van der Waals surface area contributed by atoms with Crippen LogP contribution >= 0.6 is 8.38 Å².